The SMILES string of the molecule is Cc1cc(Cl)cc(C=C2CCN(C(=O)Nc3cccnc3)CC2C)c1. The molecule has 5 heteroatoms. The van der Waals surface area contributed by atoms with Gasteiger partial charge in [-0.1, -0.05) is 36.2 Å². The first-order valence-corrected chi connectivity index (χ1v) is 8.82. The van der Waals surface area contributed by atoms with Crippen molar-refractivity contribution in [3.05, 3.63) is 64.4 Å². The maximum atomic E-state index is 12.4. The minimum atomic E-state index is -0.0718. The Morgan fingerprint density at radius 1 is 1.40 bits per heavy atom. The van der Waals surface area contributed by atoms with Gasteiger partial charge in [0.05, 0.1) is 11.9 Å². The molecule has 3 rings (SSSR count). The summed E-state index contributed by atoms with van der Waals surface area (Å²) in [5.74, 6) is 0.313. The number of hydrogen-bond donors (Lipinski definition) is 1. The number of amides is 2. The van der Waals surface area contributed by atoms with Gasteiger partial charge in [-0.05, 0) is 54.7 Å². The van der Waals surface area contributed by atoms with Gasteiger partial charge in [-0.25, -0.2) is 4.79 Å². The van der Waals surface area contributed by atoms with Crippen molar-refractivity contribution < 1.29 is 4.79 Å². The number of carbonyl (C=O) groups is 1. The van der Waals surface area contributed by atoms with Crippen molar-refractivity contribution in [3.8, 4) is 0 Å². The highest BCUT2D eigenvalue weighted by Gasteiger charge is 2.24. The summed E-state index contributed by atoms with van der Waals surface area (Å²) in [6, 6.07) is 9.65. The molecule has 1 aliphatic rings. The molecule has 0 spiro atoms. The van der Waals surface area contributed by atoms with Gasteiger partial charge in [-0.3, -0.25) is 4.98 Å². The minimum Gasteiger partial charge on any atom is -0.324 e. The summed E-state index contributed by atoms with van der Waals surface area (Å²) in [6.07, 6.45) is 6.42. The lowest BCUT2D eigenvalue weighted by molar-refractivity contribution is 0.198. The van der Waals surface area contributed by atoms with Crippen LogP contribution in [0.25, 0.3) is 6.08 Å². The van der Waals surface area contributed by atoms with E-state index in [1.165, 1.54) is 5.57 Å². The van der Waals surface area contributed by atoms with E-state index in [0.717, 1.165) is 28.3 Å². The number of likely N-dealkylation sites (tertiary alicyclic amines) is 1. The molecule has 1 N–H and O–H groups in total. The van der Waals surface area contributed by atoms with Crippen LogP contribution in [0.3, 0.4) is 0 Å². The number of carbonyl (C=O) groups excluding carboxylic acids is 1. The summed E-state index contributed by atoms with van der Waals surface area (Å²) in [7, 11) is 0. The Morgan fingerprint density at radius 3 is 2.92 bits per heavy atom. The van der Waals surface area contributed by atoms with Crippen LogP contribution < -0.4 is 5.32 Å². The number of nitrogens with zero attached hydrogens (tertiary/aromatic N) is 2. The van der Waals surface area contributed by atoms with Crippen molar-refractivity contribution in [3.63, 3.8) is 0 Å². The highest BCUT2D eigenvalue weighted by Crippen LogP contribution is 2.26. The number of benzene rings is 1. The largest absolute Gasteiger partial charge is 0.324 e. The average molecular weight is 356 g/mol. The standard InChI is InChI=1S/C20H22ClN3O/c1-14-8-16(11-18(21)9-14)10-17-5-7-24(13-15(17)2)20(25)23-19-4-3-6-22-12-19/h3-4,6,8-12,15H,5,7,13H2,1-2H3,(H,23,25). The number of piperidine rings is 1. The maximum Gasteiger partial charge on any atom is 0.321 e. The molecule has 0 saturated carbocycles. The smallest absolute Gasteiger partial charge is 0.321 e. The van der Waals surface area contributed by atoms with Crippen LogP contribution in [0.5, 0.6) is 0 Å². The second-order valence-electron chi connectivity index (χ2n) is 6.55. The molecule has 1 unspecified atom stereocenters. The lowest BCUT2D eigenvalue weighted by atomic mass is 9.91. The highest BCUT2D eigenvalue weighted by atomic mass is 35.5. The van der Waals surface area contributed by atoms with Gasteiger partial charge >= 0.3 is 6.03 Å². The maximum absolute atomic E-state index is 12.4. The zero-order valence-electron chi connectivity index (χ0n) is 14.5. The second kappa shape index (κ2) is 7.70. The van der Waals surface area contributed by atoms with Crippen molar-refractivity contribution in [2.24, 2.45) is 5.92 Å². The Hall–Kier alpha value is -2.33. The second-order valence-corrected chi connectivity index (χ2v) is 6.99. The van der Waals surface area contributed by atoms with Crippen molar-refractivity contribution in [1.82, 2.24) is 9.88 Å². The van der Waals surface area contributed by atoms with Crippen molar-refractivity contribution in [2.75, 3.05) is 18.4 Å². The molecule has 0 bridgehead atoms. The third-order valence-electron chi connectivity index (χ3n) is 4.41. The zero-order chi connectivity index (χ0) is 17.8. The van der Waals surface area contributed by atoms with Gasteiger partial charge in [0.1, 0.15) is 0 Å². The van der Waals surface area contributed by atoms with Crippen molar-refractivity contribution in [2.45, 2.75) is 20.3 Å². The molecule has 2 amide bonds. The molecule has 2 aromatic rings. The summed E-state index contributed by atoms with van der Waals surface area (Å²) in [6.45, 7) is 5.62. The number of urea groups is 1. The van der Waals surface area contributed by atoms with Crippen LogP contribution in [0, 0.1) is 12.8 Å². The quantitative estimate of drug-likeness (QED) is 0.823. The van der Waals surface area contributed by atoms with Crippen molar-refractivity contribution in [1.29, 1.82) is 0 Å². The fraction of sp³-hybridized carbons (Fsp3) is 0.300. The summed E-state index contributed by atoms with van der Waals surface area (Å²) < 4.78 is 0. The van der Waals surface area contributed by atoms with E-state index in [1.807, 2.05) is 36.1 Å². The van der Waals surface area contributed by atoms with E-state index in [1.54, 1.807) is 12.4 Å². The average Bonchev–Trinajstić information content (AvgIpc) is 2.56. The third-order valence-corrected chi connectivity index (χ3v) is 4.63. The van der Waals surface area contributed by atoms with E-state index < -0.39 is 0 Å². The van der Waals surface area contributed by atoms with E-state index >= 15 is 0 Å². The number of aromatic nitrogens is 1. The molecule has 0 radical (unpaired) electrons. The van der Waals surface area contributed by atoms with Gasteiger partial charge in [0.15, 0.2) is 0 Å². The van der Waals surface area contributed by atoms with Crippen LogP contribution >= 0.6 is 11.6 Å². The van der Waals surface area contributed by atoms with E-state index in [2.05, 4.69) is 29.4 Å². The number of hydrogen-bond acceptors (Lipinski definition) is 2. The molecular formula is C20H22ClN3O. The number of rotatable bonds is 2. The molecule has 130 valence electrons. The highest BCUT2D eigenvalue weighted by molar-refractivity contribution is 6.30. The van der Waals surface area contributed by atoms with E-state index in [-0.39, 0.29) is 6.03 Å². The van der Waals surface area contributed by atoms with E-state index in [0.29, 0.717) is 19.0 Å². The molecule has 1 aromatic heterocycles. The fourth-order valence-corrected chi connectivity index (χ4v) is 3.45. The van der Waals surface area contributed by atoms with Crippen LogP contribution in [0.4, 0.5) is 10.5 Å². The molecule has 4 nitrogen and oxygen atoms in total. The molecule has 25 heavy (non-hydrogen) atoms. The van der Waals surface area contributed by atoms with E-state index in [4.69, 9.17) is 11.6 Å². The van der Waals surface area contributed by atoms with E-state index in [9.17, 15) is 4.79 Å². The fourth-order valence-electron chi connectivity index (χ4n) is 3.15. The predicted molar refractivity (Wildman–Crippen MR) is 103 cm³/mol. The molecular weight excluding hydrogens is 334 g/mol. The molecule has 0 aliphatic carbocycles. The van der Waals surface area contributed by atoms with Gasteiger partial charge < -0.3 is 10.2 Å². The van der Waals surface area contributed by atoms with Gasteiger partial charge in [0.2, 0.25) is 0 Å². The number of nitrogens with one attached hydrogen (secondary N) is 1. The van der Waals surface area contributed by atoms with Crippen LogP contribution in [0.1, 0.15) is 24.5 Å². The van der Waals surface area contributed by atoms with Crippen LogP contribution in [0.15, 0.2) is 48.3 Å². The van der Waals surface area contributed by atoms with Gasteiger partial charge in [0, 0.05) is 24.3 Å². The molecule has 1 saturated heterocycles. The lowest BCUT2D eigenvalue weighted by Crippen LogP contribution is -2.42. The first kappa shape index (κ1) is 17.5. The molecule has 1 aromatic carbocycles. The summed E-state index contributed by atoms with van der Waals surface area (Å²) >= 11 is 6.15. The summed E-state index contributed by atoms with van der Waals surface area (Å²) in [5.41, 5.74) is 4.35. The van der Waals surface area contributed by atoms with Gasteiger partial charge in [0.25, 0.3) is 0 Å². The van der Waals surface area contributed by atoms with Crippen molar-refractivity contribution >= 4 is 29.4 Å². The van der Waals surface area contributed by atoms with Crippen LogP contribution in [0.2, 0.25) is 5.02 Å². The third kappa shape index (κ3) is 4.60. The monoisotopic (exact) mass is 355 g/mol. The number of pyridine rings is 1. The molecule has 1 fully saturated rings. The topological polar surface area (TPSA) is 45.2 Å². The molecule has 1 atom stereocenters. The van der Waals surface area contributed by atoms with Crippen LogP contribution in [-0.2, 0) is 0 Å². The molecule has 2 heterocycles. The zero-order valence-corrected chi connectivity index (χ0v) is 15.3. The summed E-state index contributed by atoms with van der Waals surface area (Å²) in [5, 5.41) is 3.66. The van der Waals surface area contributed by atoms with Gasteiger partial charge in [-0.2, -0.15) is 0 Å². The summed E-state index contributed by atoms with van der Waals surface area (Å²) in [4.78, 5) is 18.3. The first-order chi connectivity index (χ1) is 12.0. The normalized spacial score (nSPS) is 19.1. The number of halogens is 1. The Labute approximate surface area is 153 Å². The first-order valence-electron chi connectivity index (χ1n) is 8.45. The Morgan fingerprint density at radius 2 is 2.24 bits per heavy atom. The molecule has 1 aliphatic heterocycles. The Bertz CT molecular complexity index is 769. The Kier molecular flexibility index (Phi) is 5.39. The number of aryl methyl sites for hydroxylation is 1. The van der Waals surface area contributed by atoms with Crippen LogP contribution in [-0.4, -0.2) is 29.0 Å². The lowest BCUT2D eigenvalue weighted by Gasteiger charge is -2.33. The number of anilines is 1. The predicted octanol–water partition coefficient (Wildman–Crippen LogP) is 5.00. The minimum absolute atomic E-state index is 0.0718. The Balaban J connectivity index is 1.66. The van der Waals surface area contributed by atoms with Gasteiger partial charge in [-0.15, -0.1) is 0 Å².